The van der Waals surface area contributed by atoms with Gasteiger partial charge < -0.3 is 10.0 Å². The number of nitrogens with zero attached hydrogens (tertiary/aromatic N) is 3. The van der Waals surface area contributed by atoms with Crippen LogP contribution in [0.15, 0.2) is 18.5 Å². The number of aromatic nitrogens is 2. The average Bonchev–Trinajstić information content (AvgIpc) is 2.63. The molecule has 1 aromatic carbocycles. The standard InChI is InChI=1S/C17H21F3N4O3S/c1-28(26,27)23-7-11-3-2-4-24(8-11)16-13-6-14(17(18,19)20)12(9-25)5-15(13)21-10-22-16/h5-6,10-11,23,25H,2-4,7-9H2,1H3. The lowest BCUT2D eigenvalue weighted by molar-refractivity contribution is -0.138. The highest BCUT2D eigenvalue weighted by Crippen LogP contribution is 2.37. The fourth-order valence-corrected chi connectivity index (χ4v) is 4.01. The van der Waals surface area contributed by atoms with Gasteiger partial charge in [-0.2, -0.15) is 13.2 Å². The summed E-state index contributed by atoms with van der Waals surface area (Å²) >= 11 is 0. The minimum absolute atomic E-state index is 0.0206. The first kappa shape index (κ1) is 20.7. The van der Waals surface area contributed by atoms with E-state index in [1.165, 1.54) is 12.4 Å². The molecule has 0 aliphatic carbocycles. The van der Waals surface area contributed by atoms with Crippen LogP contribution in [0.5, 0.6) is 0 Å². The zero-order valence-corrected chi connectivity index (χ0v) is 16.0. The Morgan fingerprint density at radius 2 is 2.07 bits per heavy atom. The van der Waals surface area contributed by atoms with Gasteiger partial charge in [0.1, 0.15) is 12.1 Å². The lowest BCUT2D eigenvalue weighted by atomic mass is 9.97. The summed E-state index contributed by atoms with van der Waals surface area (Å²) in [6.45, 7) is 0.593. The first-order chi connectivity index (χ1) is 13.1. The van der Waals surface area contributed by atoms with Gasteiger partial charge in [-0.15, -0.1) is 0 Å². The summed E-state index contributed by atoms with van der Waals surface area (Å²) in [5.41, 5.74) is -0.831. The highest BCUT2D eigenvalue weighted by atomic mass is 32.2. The van der Waals surface area contributed by atoms with Crippen LogP contribution >= 0.6 is 0 Å². The molecule has 1 saturated heterocycles. The van der Waals surface area contributed by atoms with Gasteiger partial charge >= 0.3 is 6.18 Å². The van der Waals surface area contributed by atoms with Crippen molar-refractivity contribution in [2.75, 3.05) is 30.8 Å². The third-order valence-electron chi connectivity index (χ3n) is 4.77. The lowest BCUT2D eigenvalue weighted by Gasteiger charge is -2.34. The Balaban J connectivity index is 1.96. The minimum atomic E-state index is -4.61. The Bertz CT molecular complexity index is 966. The summed E-state index contributed by atoms with van der Waals surface area (Å²) in [4.78, 5) is 10.1. The number of piperidine rings is 1. The van der Waals surface area contributed by atoms with E-state index in [1.54, 1.807) is 0 Å². The number of nitrogens with one attached hydrogen (secondary N) is 1. The van der Waals surface area contributed by atoms with E-state index >= 15 is 0 Å². The summed E-state index contributed by atoms with van der Waals surface area (Å²) in [5.74, 6) is 0.399. The van der Waals surface area contributed by atoms with Crippen molar-refractivity contribution in [1.82, 2.24) is 14.7 Å². The normalized spacial score (nSPS) is 18.6. The smallest absolute Gasteiger partial charge is 0.392 e. The van der Waals surface area contributed by atoms with Crippen LogP contribution in [-0.4, -0.2) is 49.4 Å². The van der Waals surface area contributed by atoms with Crippen LogP contribution in [0.2, 0.25) is 0 Å². The van der Waals surface area contributed by atoms with E-state index in [9.17, 15) is 26.7 Å². The summed E-state index contributed by atoms with van der Waals surface area (Å²) in [6.07, 6.45) is -0.663. The van der Waals surface area contributed by atoms with E-state index in [1.807, 2.05) is 4.90 Å². The molecule has 0 saturated carbocycles. The molecular formula is C17H21F3N4O3S. The van der Waals surface area contributed by atoms with Gasteiger partial charge in [0.15, 0.2) is 0 Å². The predicted octanol–water partition coefficient (Wildman–Crippen LogP) is 1.91. The summed E-state index contributed by atoms with van der Waals surface area (Å²) in [7, 11) is -3.31. The van der Waals surface area contributed by atoms with Crippen molar-refractivity contribution in [3.8, 4) is 0 Å². The number of hydrogen-bond donors (Lipinski definition) is 2. The van der Waals surface area contributed by atoms with Crippen LogP contribution < -0.4 is 9.62 Å². The zero-order valence-electron chi connectivity index (χ0n) is 15.2. The number of aliphatic hydroxyl groups excluding tert-OH is 1. The number of benzene rings is 1. The molecule has 1 unspecified atom stereocenters. The quantitative estimate of drug-likeness (QED) is 0.770. The maximum absolute atomic E-state index is 13.4. The minimum Gasteiger partial charge on any atom is -0.392 e. The third kappa shape index (κ3) is 4.70. The average molecular weight is 418 g/mol. The van der Waals surface area contributed by atoms with E-state index in [-0.39, 0.29) is 23.4 Å². The molecule has 28 heavy (non-hydrogen) atoms. The highest BCUT2D eigenvalue weighted by Gasteiger charge is 2.34. The first-order valence-electron chi connectivity index (χ1n) is 8.74. The van der Waals surface area contributed by atoms with Gasteiger partial charge in [0.2, 0.25) is 10.0 Å². The molecule has 1 fully saturated rings. The van der Waals surface area contributed by atoms with Crippen molar-refractivity contribution in [3.63, 3.8) is 0 Å². The number of aliphatic hydroxyl groups is 1. The molecule has 1 aliphatic heterocycles. The molecule has 0 radical (unpaired) electrons. The SMILES string of the molecule is CS(=O)(=O)NCC1CCCN(c2ncnc3cc(CO)c(C(F)(F)F)cc23)C1. The molecule has 1 atom stereocenters. The molecule has 1 aromatic heterocycles. The molecule has 7 nitrogen and oxygen atoms in total. The van der Waals surface area contributed by atoms with E-state index in [2.05, 4.69) is 14.7 Å². The Morgan fingerprint density at radius 3 is 2.71 bits per heavy atom. The summed E-state index contributed by atoms with van der Waals surface area (Å²) in [5, 5.41) is 9.56. The second kappa shape index (κ2) is 7.80. The summed E-state index contributed by atoms with van der Waals surface area (Å²) in [6, 6.07) is 2.21. The molecular weight excluding hydrogens is 397 g/mol. The van der Waals surface area contributed by atoms with E-state index in [0.29, 0.717) is 24.4 Å². The molecule has 2 N–H and O–H groups in total. The second-order valence-electron chi connectivity index (χ2n) is 6.95. The third-order valence-corrected chi connectivity index (χ3v) is 5.46. The number of anilines is 1. The van der Waals surface area contributed by atoms with Gasteiger partial charge in [-0.1, -0.05) is 0 Å². The van der Waals surface area contributed by atoms with Gasteiger partial charge in [0.05, 0.1) is 23.9 Å². The Hall–Kier alpha value is -1.98. The Kier molecular flexibility index (Phi) is 5.78. The Morgan fingerprint density at radius 1 is 1.32 bits per heavy atom. The molecule has 2 aromatic rings. The van der Waals surface area contributed by atoms with Crippen molar-refractivity contribution in [3.05, 3.63) is 29.6 Å². The fourth-order valence-electron chi connectivity index (χ4n) is 3.47. The maximum Gasteiger partial charge on any atom is 0.416 e. The van der Waals surface area contributed by atoms with E-state index < -0.39 is 28.4 Å². The van der Waals surface area contributed by atoms with Gasteiger partial charge in [-0.25, -0.2) is 23.1 Å². The zero-order chi connectivity index (χ0) is 20.5. The molecule has 0 spiro atoms. The number of sulfonamides is 1. The monoisotopic (exact) mass is 418 g/mol. The fraction of sp³-hybridized carbons (Fsp3) is 0.529. The molecule has 2 heterocycles. The number of alkyl halides is 3. The molecule has 3 rings (SSSR count). The first-order valence-corrected chi connectivity index (χ1v) is 10.6. The Labute approximate surface area is 160 Å². The number of fused-ring (bicyclic) bond motifs is 1. The lowest BCUT2D eigenvalue weighted by Crippen LogP contribution is -2.41. The number of rotatable bonds is 5. The van der Waals surface area contributed by atoms with Crippen LogP contribution in [0.1, 0.15) is 24.0 Å². The highest BCUT2D eigenvalue weighted by molar-refractivity contribution is 7.88. The molecule has 0 bridgehead atoms. The van der Waals surface area contributed by atoms with Crippen molar-refractivity contribution >= 4 is 26.7 Å². The largest absolute Gasteiger partial charge is 0.416 e. The van der Waals surface area contributed by atoms with E-state index in [0.717, 1.165) is 25.2 Å². The second-order valence-corrected chi connectivity index (χ2v) is 8.79. The molecule has 0 amide bonds. The van der Waals surface area contributed by atoms with Crippen molar-refractivity contribution in [1.29, 1.82) is 0 Å². The van der Waals surface area contributed by atoms with Gasteiger partial charge in [0, 0.05) is 25.0 Å². The molecule has 1 aliphatic rings. The van der Waals surface area contributed by atoms with Crippen molar-refractivity contribution < 1.29 is 26.7 Å². The van der Waals surface area contributed by atoms with Crippen LogP contribution in [-0.2, 0) is 22.8 Å². The molecule has 154 valence electrons. The topological polar surface area (TPSA) is 95.4 Å². The maximum atomic E-state index is 13.4. The van der Waals surface area contributed by atoms with Crippen molar-refractivity contribution in [2.45, 2.75) is 25.6 Å². The van der Waals surface area contributed by atoms with Gasteiger partial charge in [-0.05, 0) is 36.5 Å². The van der Waals surface area contributed by atoms with Crippen molar-refractivity contribution in [2.24, 2.45) is 5.92 Å². The van der Waals surface area contributed by atoms with Crippen LogP contribution in [0.4, 0.5) is 19.0 Å². The number of halogens is 3. The van der Waals surface area contributed by atoms with Gasteiger partial charge in [0.25, 0.3) is 0 Å². The van der Waals surface area contributed by atoms with Crippen LogP contribution in [0.3, 0.4) is 0 Å². The molecule has 11 heteroatoms. The van der Waals surface area contributed by atoms with E-state index in [4.69, 9.17) is 0 Å². The van der Waals surface area contributed by atoms with Gasteiger partial charge in [-0.3, -0.25) is 0 Å². The van der Waals surface area contributed by atoms with Crippen LogP contribution in [0.25, 0.3) is 10.9 Å². The van der Waals surface area contributed by atoms with Crippen LogP contribution in [0, 0.1) is 5.92 Å². The number of hydrogen-bond acceptors (Lipinski definition) is 6. The summed E-state index contributed by atoms with van der Waals surface area (Å²) < 4.78 is 65.3. The predicted molar refractivity (Wildman–Crippen MR) is 98.2 cm³/mol.